The van der Waals surface area contributed by atoms with E-state index in [1.165, 1.54) is 17.0 Å². The number of carbonyl (C=O) groups is 1. The number of halogens is 1. The monoisotopic (exact) mass is 211 g/mol. The van der Waals surface area contributed by atoms with E-state index in [2.05, 4.69) is 10.3 Å². The summed E-state index contributed by atoms with van der Waals surface area (Å²) in [7, 11) is 3.33. The molecular weight excluding hydrogens is 197 g/mol. The van der Waals surface area contributed by atoms with Gasteiger partial charge in [-0.3, -0.25) is 4.79 Å². The first-order valence-electron chi connectivity index (χ1n) is 4.61. The summed E-state index contributed by atoms with van der Waals surface area (Å²) in [6.45, 7) is 1.70. The summed E-state index contributed by atoms with van der Waals surface area (Å²) in [5.41, 5.74) is 0. The Kier molecular flexibility index (Phi) is 3.60. The van der Waals surface area contributed by atoms with Gasteiger partial charge >= 0.3 is 0 Å². The third-order valence-corrected chi connectivity index (χ3v) is 1.89. The van der Waals surface area contributed by atoms with E-state index >= 15 is 0 Å². The van der Waals surface area contributed by atoms with Crippen molar-refractivity contribution in [2.45, 2.75) is 13.0 Å². The van der Waals surface area contributed by atoms with Gasteiger partial charge in [0.25, 0.3) is 0 Å². The van der Waals surface area contributed by atoms with Crippen LogP contribution in [0, 0.1) is 5.95 Å². The molecule has 5 heteroatoms. The molecule has 0 bridgehead atoms. The lowest BCUT2D eigenvalue weighted by Gasteiger charge is -2.18. The van der Waals surface area contributed by atoms with Crippen molar-refractivity contribution >= 4 is 11.7 Å². The molecular formula is C10H14FN3O. The summed E-state index contributed by atoms with van der Waals surface area (Å²) >= 11 is 0. The van der Waals surface area contributed by atoms with Crippen molar-refractivity contribution in [3.63, 3.8) is 0 Å². The third kappa shape index (κ3) is 3.19. The maximum Gasteiger partial charge on any atom is 0.244 e. The maximum atomic E-state index is 12.7. The maximum absolute atomic E-state index is 12.7. The van der Waals surface area contributed by atoms with E-state index in [4.69, 9.17) is 0 Å². The molecule has 0 aliphatic rings. The molecule has 1 N–H and O–H groups in total. The van der Waals surface area contributed by atoms with E-state index in [0.29, 0.717) is 5.82 Å². The van der Waals surface area contributed by atoms with Crippen molar-refractivity contribution in [1.82, 2.24) is 9.88 Å². The average molecular weight is 211 g/mol. The Bertz CT molecular complexity index is 354. The molecule has 0 radical (unpaired) electrons. The quantitative estimate of drug-likeness (QED) is 0.762. The number of rotatable bonds is 3. The minimum absolute atomic E-state index is 0.0824. The van der Waals surface area contributed by atoms with Crippen LogP contribution in [0.3, 0.4) is 0 Å². The Morgan fingerprint density at radius 2 is 2.20 bits per heavy atom. The van der Waals surface area contributed by atoms with Gasteiger partial charge in [0.05, 0.1) is 0 Å². The summed E-state index contributed by atoms with van der Waals surface area (Å²) < 4.78 is 12.7. The Morgan fingerprint density at radius 1 is 1.53 bits per heavy atom. The number of nitrogens with zero attached hydrogens (tertiary/aromatic N) is 2. The first-order valence-corrected chi connectivity index (χ1v) is 4.61. The zero-order valence-electron chi connectivity index (χ0n) is 8.99. The number of carbonyl (C=O) groups excluding carboxylic acids is 1. The van der Waals surface area contributed by atoms with Crippen molar-refractivity contribution in [2.24, 2.45) is 0 Å². The number of nitrogens with one attached hydrogen (secondary N) is 1. The van der Waals surface area contributed by atoms with E-state index in [1.54, 1.807) is 27.1 Å². The van der Waals surface area contributed by atoms with Gasteiger partial charge in [-0.05, 0) is 19.1 Å². The van der Waals surface area contributed by atoms with Crippen molar-refractivity contribution in [3.8, 4) is 0 Å². The molecule has 1 atom stereocenters. The molecule has 0 unspecified atom stereocenters. The van der Waals surface area contributed by atoms with E-state index < -0.39 is 12.0 Å². The van der Waals surface area contributed by atoms with Crippen LogP contribution in [0.25, 0.3) is 0 Å². The number of amides is 1. The van der Waals surface area contributed by atoms with Gasteiger partial charge in [-0.1, -0.05) is 6.07 Å². The first-order chi connectivity index (χ1) is 7.00. The molecule has 1 amide bonds. The molecule has 1 aromatic rings. The molecule has 0 aromatic carbocycles. The number of hydrogen-bond acceptors (Lipinski definition) is 3. The fourth-order valence-electron chi connectivity index (χ4n) is 1.16. The second kappa shape index (κ2) is 4.72. The van der Waals surface area contributed by atoms with Gasteiger partial charge in [-0.2, -0.15) is 4.39 Å². The van der Waals surface area contributed by atoms with Crippen LogP contribution in [0.2, 0.25) is 0 Å². The first kappa shape index (κ1) is 11.4. The normalized spacial score (nSPS) is 12.0. The molecule has 0 aliphatic carbocycles. The topological polar surface area (TPSA) is 45.2 Å². The minimum Gasteiger partial charge on any atom is -0.359 e. The fraction of sp³-hybridized carbons (Fsp3) is 0.400. The van der Waals surface area contributed by atoms with Gasteiger partial charge < -0.3 is 10.2 Å². The standard InChI is InChI=1S/C10H14FN3O/c1-7(10(15)14(2)3)12-9-6-4-5-8(11)13-9/h4-7H,1-3H3,(H,12,13)/t7-/m0/s1. The smallest absolute Gasteiger partial charge is 0.244 e. The highest BCUT2D eigenvalue weighted by Crippen LogP contribution is 2.06. The second-order valence-corrected chi connectivity index (χ2v) is 3.44. The van der Waals surface area contributed by atoms with Gasteiger partial charge in [0, 0.05) is 14.1 Å². The van der Waals surface area contributed by atoms with E-state index in [-0.39, 0.29) is 5.91 Å². The van der Waals surface area contributed by atoms with Gasteiger partial charge in [0.2, 0.25) is 11.9 Å². The highest BCUT2D eigenvalue weighted by atomic mass is 19.1. The van der Waals surface area contributed by atoms with Crippen LogP contribution in [0.4, 0.5) is 10.2 Å². The van der Waals surface area contributed by atoms with Crippen LogP contribution < -0.4 is 5.32 Å². The lowest BCUT2D eigenvalue weighted by atomic mass is 10.3. The fourth-order valence-corrected chi connectivity index (χ4v) is 1.16. The molecule has 4 nitrogen and oxygen atoms in total. The second-order valence-electron chi connectivity index (χ2n) is 3.44. The number of pyridine rings is 1. The van der Waals surface area contributed by atoms with Crippen LogP contribution in [0.15, 0.2) is 18.2 Å². The Labute approximate surface area is 88.1 Å². The lowest BCUT2D eigenvalue weighted by Crippen LogP contribution is -2.36. The molecule has 0 saturated heterocycles. The summed E-state index contributed by atoms with van der Waals surface area (Å²) in [5.74, 6) is -0.289. The summed E-state index contributed by atoms with van der Waals surface area (Å²) in [5, 5.41) is 2.82. The predicted octanol–water partition coefficient (Wildman–Crippen LogP) is 1.11. The van der Waals surface area contributed by atoms with Crippen LogP contribution in [0.1, 0.15) is 6.92 Å². The molecule has 15 heavy (non-hydrogen) atoms. The van der Waals surface area contributed by atoms with Crippen LogP contribution in [-0.2, 0) is 4.79 Å². The highest BCUT2D eigenvalue weighted by molar-refractivity contribution is 5.83. The molecule has 0 spiro atoms. The van der Waals surface area contributed by atoms with Crippen LogP contribution in [-0.4, -0.2) is 35.9 Å². The molecule has 1 heterocycles. The van der Waals surface area contributed by atoms with Gasteiger partial charge in [-0.25, -0.2) is 4.98 Å². The third-order valence-electron chi connectivity index (χ3n) is 1.89. The summed E-state index contributed by atoms with van der Waals surface area (Å²) in [6.07, 6.45) is 0. The largest absolute Gasteiger partial charge is 0.359 e. The van der Waals surface area contributed by atoms with Crippen molar-refractivity contribution in [2.75, 3.05) is 19.4 Å². The number of anilines is 1. The molecule has 1 aromatic heterocycles. The van der Waals surface area contributed by atoms with Crippen molar-refractivity contribution in [1.29, 1.82) is 0 Å². The number of likely N-dealkylation sites (N-methyl/N-ethyl adjacent to an activating group) is 1. The lowest BCUT2D eigenvalue weighted by molar-refractivity contribution is -0.129. The molecule has 0 fully saturated rings. The molecule has 0 saturated carbocycles. The Balaban J connectivity index is 2.66. The van der Waals surface area contributed by atoms with Gasteiger partial charge in [-0.15, -0.1) is 0 Å². The number of hydrogen-bond donors (Lipinski definition) is 1. The SMILES string of the molecule is C[C@H](Nc1cccc(F)n1)C(=O)N(C)C. The van der Waals surface area contributed by atoms with E-state index in [0.717, 1.165) is 0 Å². The Hall–Kier alpha value is -1.65. The average Bonchev–Trinajstić information content (AvgIpc) is 2.16. The highest BCUT2D eigenvalue weighted by Gasteiger charge is 2.14. The van der Waals surface area contributed by atoms with Crippen LogP contribution in [0.5, 0.6) is 0 Å². The van der Waals surface area contributed by atoms with Crippen LogP contribution >= 0.6 is 0 Å². The predicted molar refractivity (Wildman–Crippen MR) is 56.0 cm³/mol. The summed E-state index contributed by atoms with van der Waals surface area (Å²) in [4.78, 5) is 16.5. The summed E-state index contributed by atoms with van der Waals surface area (Å²) in [6, 6.07) is 3.98. The zero-order valence-corrected chi connectivity index (χ0v) is 8.99. The molecule has 1 rings (SSSR count). The number of aromatic nitrogens is 1. The van der Waals surface area contributed by atoms with Gasteiger partial charge in [0.15, 0.2) is 0 Å². The van der Waals surface area contributed by atoms with Crippen molar-refractivity contribution in [3.05, 3.63) is 24.1 Å². The van der Waals surface area contributed by atoms with Crippen molar-refractivity contribution < 1.29 is 9.18 Å². The minimum atomic E-state index is -0.565. The zero-order chi connectivity index (χ0) is 11.4. The molecule has 82 valence electrons. The van der Waals surface area contributed by atoms with E-state index in [9.17, 15) is 9.18 Å². The van der Waals surface area contributed by atoms with Gasteiger partial charge in [0.1, 0.15) is 11.9 Å². The van der Waals surface area contributed by atoms with E-state index in [1.807, 2.05) is 0 Å². The molecule has 0 aliphatic heterocycles. The Morgan fingerprint density at radius 3 is 2.73 bits per heavy atom.